The highest BCUT2D eigenvalue weighted by atomic mass is 79.9. The first kappa shape index (κ1) is 19.0. The Morgan fingerprint density at radius 2 is 1.90 bits per heavy atom. The van der Waals surface area contributed by atoms with Gasteiger partial charge in [0, 0.05) is 0 Å². The van der Waals surface area contributed by atoms with Gasteiger partial charge < -0.3 is 4.18 Å². The minimum Gasteiger partial charge on any atom is -0.355 e. The number of aryl methyl sites for hydroxylation is 1. The van der Waals surface area contributed by atoms with Crippen LogP contribution in [0.5, 0.6) is 5.88 Å². The van der Waals surface area contributed by atoms with E-state index in [1.54, 1.807) is 12.1 Å². The van der Waals surface area contributed by atoms with Gasteiger partial charge in [-0.1, -0.05) is 17.7 Å². The van der Waals surface area contributed by atoms with Crippen LogP contribution in [0.3, 0.4) is 0 Å². The van der Waals surface area contributed by atoms with Crippen LogP contribution in [0, 0.1) is 17.0 Å². The number of benzene rings is 1. The molecule has 0 spiro atoms. The van der Waals surface area contributed by atoms with Crippen molar-refractivity contribution in [2.45, 2.75) is 11.8 Å². The van der Waals surface area contributed by atoms with E-state index in [1.165, 1.54) is 39.9 Å². The fourth-order valence-electron chi connectivity index (χ4n) is 2.45. The molecular formula is C16H11BrN6O5S. The molecule has 0 bridgehead atoms. The molecule has 0 atom stereocenters. The summed E-state index contributed by atoms with van der Waals surface area (Å²) in [6.07, 6.45) is 5.22. The highest BCUT2D eigenvalue weighted by Crippen LogP contribution is 2.30. The molecule has 3 aromatic heterocycles. The molecule has 3 heterocycles. The SMILES string of the molecule is Cc1ccc(S(=O)(=O)Oc2nn3cc(-n4cc([N+](=O)[O-])cn4)cnc3c2Br)cc1. The normalized spacial score (nSPS) is 11.7. The lowest BCUT2D eigenvalue weighted by Crippen LogP contribution is -2.10. The van der Waals surface area contributed by atoms with E-state index in [4.69, 9.17) is 4.18 Å². The van der Waals surface area contributed by atoms with Crippen molar-refractivity contribution in [1.82, 2.24) is 24.4 Å². The third-order valence-corrected chi connectivity index (χ3v) is 5.84. The molecule has 0 saturated heterocycles. The van der Waals surface area contributed by atoms with Crippen LogP contribution in [0.25, 0.3) is 11.3 Å². The van der Waals surface area contributed by atoms with Crippen molar-refractivity contribution in [3.05, 3.63) is 69.2 Å². The summed E-state index contributed by atoms with van der Waals surface area (Å²) in [5.41, 5.74) is 1.41. The van der Waals surface area contributed by atoms with E-state index in [2.05, 4.69) is 31.1 Å². The van der Waals surface area contributed by atoms with E-state index < -0.39 is 15.0 Å². The predicted octanol–water partition coefficient (Wildman–Crippen LogP) is 2.66. The first-order chi connectivity index (χ1) is 13.7. The zero-order valence-electron chi connectivity index (χ0n) is 14.6. The highest BCUT2D eigenvalue weighted by molar-refractivity contribution is 9.10. The molecule has 0 N–H and O–H groups in total. The second-order valence-corrected chi connectivity index (χ2v) is 8.29. The third kappa shape index (κ3) is 3.56. The van der Waals surface area contributed by atoms with Crippen molar-refractivity contribution in [2.24, 2.45) is 0 Å². The van der Waals surface area contributed by atoms with E-state index in [0.717, 1.165) is 11.8 Å². The summed E-state index contributed by atoms with van der Waals surface area (Å²) >= 11 is 3.25. The van der Waals surface area contributed by atoms with Crippen LogP contribution in [0.15, 0.2) is 58.4 Å². The molecule has 0 saturated carbocycles. The largest absolute Gasteiger partial charge is 0.355 e. The Bertz CT molecular complexity index is 1350. The van der Waals surface area contributed by atoms with Crippen LogP contribution < -0.4 is 4.18 Å². The van der Waals surface area contributed by atoms with E-state index in [9.17, 15) is 18.5 Å². The average molecular weight is 479 g/mol. The van der Waals surface area contributed by atoms with Gasteiger partial charge in [0.25, 0.3) is 5.88 Å². The molecule has 0 aliphatic carbocycles. The van der Waals surface area contributed by atoms with Crippen molar-refractivity contribution in [3.63, 3.8) is 0 Å². The number of hydrogen-bond acceptors (Lipinski definition) is 8. The first-order valence-electron chi connectivity index (χ1n) is 7.99. The Morgan fingerprint density at radius 1 is 1.17 bits per heavy atom. The maximum absolute atomic E-state index is 12.5. The van der Waals surface area contributed by atoms with Gasteiger partial charge in [-0.2, -0.15) is 13.5 Å². The molecule has 148 valence electrons. The van der Waals surface area contributed by atoms with E-state index in [1.807, 2.05) is 6.92 Å². The Labute approximate surface area is 172 Å². The summed E-state index contributed by atoms with van der Waals surface area (Å²) in [6, 6.07) is 6.20. The smallest absolute Gasteiger partial charge is 0.340 e. The Kier molecular flexibility index (Phi) is 4.55. The molecule has 1 aromatic carbocycles. The van der Waals surface area contributed by atoms with Crippen molar-refractivity contribution in [3.8, 4) is 11.6 Å². The molecular weight excluding hydrogens is 468 g/mol. The zero-order valence-corrected chi connectivity index (χ0v) is 17.0. The lowest BCUT2D eigenvalue weighted by atomic mass is 10.2. The summed E-state index contributed by atoms with van der Waals surface area (Å²) in [4.78, 5) is 14.4. The molecule has 0 aliphatic rings. The van der Waals surface area contributed by atoms with Gasteiger partial charge in [0.2, 0.25) is 0 Å². The van der Waals surface area contributed by atoms with Crippen LogP contribution in [0.2, 0.25) is 0 Å². The minimum atomic E-state index is -4.09. The standard InChI is InChI=1S/C16H11BrN6O5S/c1-10-2-4-13(5-3-10)29(26,27)28-16-14(17)15-18-6-11(8-22(15)20-16)21-9-12(7-19-21)23(24)25/h2-9H,1H3. The fraction of sp³-hybridized carbons (Fsp3) is 0.0625. The summed E-state index contributed by atoms with van der Waals surface area (Å²) in [7, 11) is -4.09. The van der Waals surface area contributed by atoms with Gasteiger partial charge in [-0.05, 0) is 35.0 Å². The first-order valence-corrected chi connectivity index (χ1v) is 10.2. The van der Waals surface area contributed by atoms with Crippen LogP contribution in [-0.4, -0.2) is 37.7 Å². The number of rotatable bonds is 5. The van der Waals surface area contributed by atoms with E-state index in [0.29, 0.717) is 11.3 Å². The molecule has 4 aromatic rings. The summed E-state index contributed by atoms with van der Waals surface area (Å²) in [5.74, 6) is -0.193. The molecule has 0 aliphatic heterocycles. The van der Waals surface area contributed by atoms with Crippen molar-refractivity contribution in [2.75, 3.05) is 0 Å². The number of hydrogen-bond donors (Lipinski definition) is 0. The van der Waals surface area contributed by atoms with Crippen molar-refractivity contribution in [1.29, 1.82) is 0 Å². The zero-order chi connectivity index (χ0) is 20.8. The molecule has 13 heteroatoms. The van der Waals surface area contributed by atoms with Crippen LogP contribution in [0.1, 0.15) is 5.56 Å². The van der Waals surface area contributed by atoms with Gasteiger partial charge in [0.15, 0.2) is 5.65 Å². The van der Waals surface area contributed by atoms with Crippen molar-refractivity contribution >= 4 is 37.4 Å². The Morgan fingerprint density at radius 3 is 2.55 bits per heavy atom. The van der Waals surface area contributed by atoms with E-state index >= 15 is 0 Å². The fourth-order valence-corrected chi connectivity index (χ4v) is 3.90. The molecule has 0 fully saturated rings. The summed E-state index contributed by atoms with van der Waals surface area (Å²) < 4.78 is 33.0. The van der Waals surface area contributed by atoms with Gasteiger partial charge >= 0.3 is 15.8 Å². The topological polar surface area (TPSA) is 135 Å². The lowest BCUT2D eigenvalue weighted by Gasteiger charge is -2.04. The summed E-state index contributed by atoms with van der Waals surface area (Å²) in [5, 5.41) is 18.8. The monoisotopic (exact) mass is 478 g/mol. The van der Waals surface area contributed by atoms with Gasteiger partial charge in [-0.15, -0.1) is 5.10 Å². The van der Waals surface area contributed by atoms with Gasteiger partial charge in [0.05, 0.1) is 17.3 Å². The molecule has 29 heavy (non-hydrogen) atoms. The molecule has 0 radical (unpaired) electrons. The number of nitro groups is 1. The lowest BCUT2D eigenvalue weighted by molar-refractivity contribution is -0.384. The predicted molar refractivity (Wildman–Crippen MR) is 103 cm³/mol. The van der Waals surface area contributed by atoms with Crippen LogP contribution in [-0.2, 0) is 10.1 Å². The Balaban J connectivity index is 1.70. The number of halogens is 1. The second-order valence-electron chi connectivity index (χ2n) is 5.95. The van der Waals surface area contributed by atoms with E-state index in [-0.39, 0.29) is 20.9 Å². The average Bonchev–Trinajstić information content (AvgIpc) is 3.28. The third-order valence-electron chi connectivity index (χ3n) is 3.92. The Hall–Kier alpha value is -3.32. The molecule has 4 rings (SSSR count). The quantitative estimate of drug-likeness (QED) is 0.242. The van der Waals surface area contributed by atoms with Crippen LogP contribution >= 0.6 is 15.9 Å². The second kappa shape index (κ2) is 6.93. The molecule has 0 amide bonds. The summed E-state index contributed by atoms with van der Waals surface area (Å²) in [6.45, 7) is 1.84. The van der Waals surface area contributed by atoms with Gasteiger partial charge in [-0.3, -0.25) is 10.1 Å². The maximum Gasteiger partial charge on any atom is 0.340 e. The van der Waals surface area contributed by atoms with Crippen molar-refractivity contribution < 1.29 is 17.5 Å². The molecule has 0 unspecified atom stereocenters. The number of aromatic nitrogens is 5. The van der Waals surface area contributed by atoms with Crippen LogP contribution in [0.4, 0.5) is 5.69 Å². The van der Waals surface area contributed by atoms with Gasteiger partial charge in [0.1, 0.15) is 27.4 Å². The molecule has 11 nitrogen and oxygen atoms in total. The number of fused-ring (bicyclic) bond motifs is 1. The van der Waals surface area contributed by atoms with Gasteiger partial charge in [-0.25, -0.2) is 14.2 Å². The number of nitrogens with zero attached hydrogens (tertiary/aromatic N) is 6. The minimum absolute atomic E-state index is 0.00967. The highest BCUT2D eigenvalue weighted by Gasteiger charge is 2.23. The maximum atomic E-state index is 12.5.